The van der Waals surface area contributed by atoms with E-state index < -0.39 is 0 Å². The van der Waals surface area contributed by atoms with Crippen LogP contribution in [0.4, 0.5) is 5.69 Å². The Hall–Kier alpha value is -1.25. The number of nitrogens with zero attached hydrogens (tertiary/aromatic N) is 2. The quantitative estimate of drug-likeness (QED) is 0.727. The Kier molecular flexibility index (Phi) is 3.74. The molecule has 0 saturated heterocycles. The van der Waals surface area contributed by atoms with Crippen LogP contribution in [0.5, 0.6) is 0 Å². The van der Waals surface area contributed by atoms with Crippen molar-refractivity contribution in [3.05, 3.63) is 24.0 Å². The lowest BCUT2D eigenvalue weighted by atomic mass is 10.2. The van der Waals surface area contributed by atoms with Crippen molar-refractivity contribution in [2.45, 2.75) is 26.7 Å². The van der Waals surface area contributed by atoms with E-state index in [1.54, 1.807) is 0 Å². The number of hydrogen-bond donors (Lipinski definition) is 1. The van der Waals surface area contributed by atoms with Crippen molar-refractivity contribution in [2.75, 3.05) is 11.9 Å². The third-order valence-corrected chi connectivity index (χ3v) is 2.11. The van der Waals surface area contributed by atoms with Crippen LogP contribution in [0.1, 0.15) is 26.0 Å². The lowest BCUT2D eigenvalue weighted by Crippen LogP contribution is -2.02. The lowest BCUT2D eigenvalue weighted by Gasteiger charge is -2.04. The van der Waals surface area contributed by atoms with Gasteiger partial charge in [0.15, 0.2) is 0 Å². The molecule has 0 aliphatic rings. The second-order valence-electron chi connectivity index (χ2n) is 3.65. The highest BCUT2D eigenvalue weighted by Gasteiger charge is 2.03. The highest BCUT2D eigenvalue weighted by Crippen LogP contribution is 2.13. The zero-order valence-corrected chi connectivity index (χ0v) is 9.30. The molecule has 78 valence electrons. The maximum Gasteiger partial charge on any atom is 0.0853 e. The number of rotatable bonds is 5. The summed E-state index contributed by atoms with van der Waals surface area (Å²) in [5.41, 5.74) is 3.49. The fourth-order valence-corrected chi connectivity index (χ4v) is 1.35. The van der Waals surface area contributed by atoms with E-state index in [2.05, 4.69) is 23.9 Å². The van der Waals surface area contributed by atoms with Crippen molar-refractivity contribution >= 4 is 5.69 Å². The summed E-state index contributed by atoms with van der Waals surface area (Å²) in [6.45, 7) is 8.98. The molecule has 1 aromatic rings. The average Bonchev–Trinajstić information content (AvgIpc) is 2.45. The van der Waals surface area contributed by atoms with Crippen LogP contribution in [-0.2, 0) is 13.5 Å². The molecule has 14 heavy (non-hydrogen) atoms. The minimum atomic E-state index is 0.939. The van der Waals surface area contributed by atoms with E-state index in [1.165, 1.54) is 5.57 Å². The Morgan fingerprint density at radius 3 is 2.93 bits per heavy atom. The van der Waals surface area contributed by atoms with Gasteiger partial charge in [-0.25, -0.2) is 0 Å². The molecule has 0 saturated carbocycles. The molecular formula is C11H19N3. The molecule has 1 N–H and O–H groups in total. The van der Waals surface area contributed by atoms with E-state index in [-0.39, 0.29) is 0 Å². The summed E-state index contributed by atoms with van der Waals surface area (Å²) in [6.07, 6.45) is 4.01. The van der Waals surface area contributed by atoms with Gasteiger partial charge in [0.05, 0.1) is 11.4 Å². The van der Waals surface area contributed by atoms with Crippen molar-refractivity contribution in [3.8, 4) is 0 Å². The second kappa shape index (κ2) is 4.84. The van der Waals surface area contributed by atoms with Crippen LogP contribution >= 0.6 is 0 Å². The number of anilines is 1. The predicted molar refractivity (Wildman–Crippen MR) is 60.5 cm³/mol. The molecule has 1 heterocycles. The molecule has 3 nitrogen and oxygen atoms in total. The van der Waals surface area contributed by atoms with Gasteiger partial charge in [0.2, 0.25) is 0 Å². The molecule has 0 amide bonds. The minimum absolute atomic E-state index is 0.939. The van der Waals surface area contributed by atoms with Crippen LogP contribution in [0.2, 0.25) is 0 Å². The highest BCUT2D eigenvalue weighted by molar-refractivity contribution is 5.46. The van der Waals surface area contributed by atoms with E-state index >= 15 is 0 Å². The molecule has 0 unspecified atom stereocenters. The molecular weight excluding hydrogens is 174 g/mol. The van der Waals surface area contributed by atoms with Gasteiger partial charge in [0, 0.05) is 19.8 Å². The van der Waals surface area contributed by atoms with E-state index in [4.69, 9.17) is 0 Å². The third kappa shape index (κ3) is 2.91. The molecule has 0 atom stereocenters. The van der Waals surface area contributed by atoms with Gasteiger partial charge in [-0.15, -0.1) is 6.58 Å². The Morgan fingerprint density at radius 1 is 1.64 bits per heavy atom. The Balaban J connectivity index is 2.52. The molecule has 0 fully saturated rings. The molecule has 0 bridgehead atoms. The van der Waals surface area contributed by atoms with Gasteiger partial charge < -0.3 is 5.32 Å². The fraction of sp³-hybridized carbons (Fsp3) is 0.545. The Labute approximate surface area is 85.8 Å². The van der Waals surface area contributed by atoms with Gasteiger partial charge in [-0.3, -0.25) is 4.68 Å². The molecule has 0 radical (unpaired) electrons. The van der Waals surface area contributed by atoms with E-state index in [0.29, 0.717) is 0 Å². The van der Waals surface area contributed by atoms with Crippen molar-refractivity contribution in [1.29, 1.82) is 0 Å². The number of hydrogen-bond acceptors (Lipinski definition) is 2. The van der Waals surface area contributed by atoms with Gasteiger partial charge in [-0.05, 0) is 19.8 Å². The van der Waals surface area contributed by atoms with Crippen LogP contribution in [0.3, 0.4) is 0 Å². The molecule has 0 spiro atoms. The first-order chi connectivity index (χ1) is 6.63. The highest BCUT2D eigenvalue weighted by atomic mass is 15.3. The largest absolute Gasteiger partial charge is 0.382 e. The van der Waals surface area contributed by atoms with Crippen LogP contribution in [0.15, 0.2) is 18.3 Å². The molecule has 1 aromatic heterocycles. The lowest BCUT2D eigenvalue weighted by molar-refractivity contribution is 0.746. The fourth-order valence-electron chi connectivity index (χ4n) is 1.35. The summed E-state index contributed by atoms with van der Waals surface area (Å²) in [5, 5.41) is 7.73. The SMILES string of the molecule is C=C(C)CCNc1cn(C)nc1CC. The average molecular weight is 193 g/mol. The van der Waals surface area contributed by atoms with Gasteiger partial charge in [-0.2, -0.15) is 5.10 Å². The minimum Gasteiger partial charge on any atom is -0.382 e. The van der Waals surface area contributed by atoms with Crippen LogP contribution < -0.4 is 5.32 Å². The molecule has 1 rings (SSSR count). The summed E-state index contributed by atoms with van der Waals surface area (Å²) >= 11 is 0. The maximum absolute atomic E-state index is 4.36. The Bertz CT molecular complexity index is 312. The predicted octanol–water partition coefficient (Wildman–Crippen LogP) is 2.36. The summed E-state index contributed by atoms with van der Waals surface area (Å²) in [6, 6.07) is 0. The molecule has 0 aliphatic heterocycles. The van der Waals surface area contributed by atoms with E-state index in [1.807, 2.05) is 24.9 Å². The van der Waals surface area contributed by atoms with Crippen molar-refractivity contribution < 1.29 is 0 Å². The van der Waals surface area contributed by atoms with Crippen molar-refractivity contribution in [3.63, 3.8) is 0 Å². The zero-order valence-electron chi connectivity index (χ0n) is 9.30. The topological polar surface area (TPSA) is 29.9 Å². The number of nitrogens with one attached hydrogen (secondary N) is 1. The van der Waals surface area contributed by atoms with Crippen LogP contribution in [0, 0.1) is 0 Å². The molecule has 0 aliphatic carbocycles. The molecule has 0 aromatic carbocycles. The second-order valence-corrected chi connectivity index (χ2v) is 3.65. The summed E-state index contributed by atoms with van der Waals surface area (Å²) in [5.74, 6) is 0. The zero-order chi connectivity index (χ0) is 10.6. The Morgan fingerprint density at radius 2 is 2.36 bits per heavy atom. The number of aryl methyl sites for hydroxylation is 2. The summed E-state index contributed by atoms with van der Waals surface area (Å²) in [7, 11) is 1.95. The third-order valence-electron chi connectivity index (χ3n) is 2.11. The van der Waals surface area contributed by atoms with Crippen molar-refractivity contribution in [2.24, 2.45) is 7.05 Å². The van der Waals surface area contributed by atoms with Gasteiger partial charge in [0.25, 0.3) is 0 Å². The van der Waals surface area contributed by atoms with Gasteiger partial charge in [-0.1, -0.05) is 12.5 Å². The van der Waals surface area contributed by atoms with E-state index in [9.17, 15) is 0 Å². The standard InChI is InChI=1S/C11H19N3/c1-5-10-11(8-14(4)13-10)12-7-6-9(2)3/h8,12H,2,5-7H2,1,3-4H3. The first-order valence-electron chi connectivity index (χ1n) is 5.04. The summed E-state index contributed by atoms with van der Waals surface area (Å²) < 4.78 is 1.85. The van der Waals surface area contributed by atoms with Gasteiger partial charge in [0.1, 0.15) is 0 Å². The summed E-state index contributed by atoms with van der Waals surface area (Å²) in [4.78, 5) is 0. The van der Waals surface area contributed by atoms with Crippen LogP contribution in [-0.4, -0.2) is 16.3 Å². The van der Waals surface area contributed by atoms with Gasteiger partial charge >= 0.3 is 0 Å². The van der Waals surface area contributed by atoms with Crippen LogP contribution in [0.25, 0.3) is 0 Å². The van der Waals surface area contributed by atoms with Crippen molar-refractivity contribution in [1.82, 2.24) is 9.78 Å². The number of aromatic nitrogens is 2. The first-order valence-corrected chi connectivity index (χ1v) is 5.04. The normalized spacial score (nSPS) is 10.2. The van der Waals surface area contributed by atoms with E-state index in [0.717, 1.165) is 30.8 Å². The maximum atomic E-state index is 4.36. The monoisotopic (exact) mass is 193 g/mol. The first kappa shape index (κ1) is 10.8. The molecule has 3 heteroatoms. The smallest absolute Gasteiger partial charge is 0.0853 e.